The minimum absolute atomic E-state index is 0.0869. The molecule has 1 heterocycles. The van der Waals surface area contributed by atoms with Crippen molar-refractivity contribution in [1.82, 2.24) is 4.90 Å². The summed E-state index contributed by atoms with van der Waals surface area (Å²) in [6.45, 7) is 2.92. The van der Waals surface area contributed by atoms with Crippen LogP contribution in [-0.2, 0) is 19.1 Å². The summed E-state index contributed by atoms with van der Waals surface area (Å²) in [4.78, 5) is 51.6. The molecule has 2 aromatic rings. The first kappa shape index (κ1) is 23.9. The number of carbonyl (C=O) groups excluding carboxylic acids is 3. The number of non-ortho nitro benzene ring substituents is 1. The van der Waals surface area contributed by atoms with E-state index in [1.165, 1.54) is 36.4 Å². The topological polar surface area (TPSA) is 136 Å². The van der Waals surface area contributed by atoms with Gasteiger partial charge in [0, 0.05) is 30.0 Å². The summed E-state index contributed by atoms with van der Waals surface area (Å²) in [6.07, 6.45) is -1.71. The molecule has 1 saturated heterocycles. The second-order valence-corrected chi connectivity index (χ2v) is 7.37. The Morgan fingerprint density at radius 1 is 1.03 bits per heavy atom. The van der Waals surface area contributed by atoms with Crippen molar-refractivity contribution in [3.8, 4) is 0 Å². The van der Waals surface area contributed by atoms with E-state index in [0.717, 1.165) is 4.90 Å². The van der Waals surface area contributed by atoms with Crippen LogP contribution in [0.15, 0.2) is 54.6 Å². The molecule has 0 saturated carbocycles. The first-order valence-electron chi connectivity index (χ1n) is 10.4. The molecule has 33 heavy (non-hydrogen) atoms. The number of likely N-dealkylation sites (tertiary alicyclic amines) is 1. The van der Waals surface area contributed by atoms with Crippen LogP contribution in [0.2, 0.25) is 0 Å². The first-order valence-corrected chi connectivity index (χ1v) is 10.4. The highest BCUT2D eigenvalue weighted by Gasteiger charge is 2.67. The van der Waals surface area contributed by atoms with Gasteiger partial charge in [-0.2, -0.15) is 0 Å². The number of nitro groups is 1. The number of hydrogen-bond acceptors (Lipinski definition) is 8. The zero-order valence-electron chi connectivity index (χ0n) is 18.2. The van der Waals surface area contributed by atoms with Gasteiger partial charge in [0.25, 0.3) is 11.6 Å². The largest absolute Gasteiger partial charge is 0.464 e. The summed E-state index contributed by atoms with van der Waals surface area (Å²) in [5.41, 5.74) is -2.02. The van der Waals surface area contributed by atoms with Crippen molar-refractivity contribution in [2.45, 2.75) is 38.0 Å². The molecule has 10 nitrogen and oxygen atoms in total. The van der Waals surface area contributed by atoms with Crippen LogP contribution in [0.4, 0.5) is 5.69 Å². The first-order chi connectivity index (χ1) is 15.8. The number of nitrogens with zero attached hydrogens (tertiary/aromatic N) is 2. The molecule has 0 bridgehead atoms. The number of esters is 2. The predicted octanol–water partition coefficient (Wildman–Crippen LogP) is 2.41. The molecular weight excluding hydrogens is 432 g/mol. The third-order valence-electron chi connectivity index (χ3n) is 5.55. The number of aliphatic hydroxyl groups is 1. The van der Waals surface area contributed by atoms with E-state index in [1.54, 1.807) is 32.0 Å². The smallest absolute Gasteiger partial charge is 0.344 e. The number of hydrogen-bond donors (Lipinski definition) is 1. The van der Waals surface area contributed by atoms with Crippen LogP contribution >= 0.6 is 0 Å². The van der Waals surface area contributed by atoms with Crippen molar-refractivity contribution < 1.29 is 33.9 Å². The van der Waals surface area contributed by atoms with E-state index < -0.39 is 40.5 Å². The van der Waals surface area contributed by atoms with Crippen LogP contribution in [0.25, 0.3) is 0 Å². The molecule has 2 atom stereocenters. The highest BCUT2D eigenvalue weighted by atomic mass is 16.6. The summed E-state index contributed by atoms with van der Waals surface area (Å²) in [6, 6.07) is 13.1. The maximum absolute atomic E-state index is 13.5. The van der Waals surface area contributed by atoms with E-state index in [4.69, 9.17) is 9.47 Å². The molecule has 174 valence electrons. The van der Waals surface area contributed by atoms with Crippen LogP contribution in [0.5, 0.6) is 0 Å². The Morgan fingerprint density at radius 3 is 2.06 bits per heavy atom. The van der Waals surface area contributed by atoms with E-state index in [1.807, 2.05) is 0 Å². The van der Waals surface area contributed by atoms with Crippen LogP contribution in [0.1, 0.15) is 42.1 Å². The van der Waals surface area contributed by atoms with Gasteiger partial charge in [0.05, 0.1) is 18.1 Å². The second-order valence-electron chi connectivity index (χ2n) is 7.37. The van der Waals surface area contributed by atoms with Gasteiger partial charge < -0.3 is 14.6 Å². The van der Waals surface area contributed by atoms with Crippen molar-refractivity contribution in [3.63, 3.8) is 0 Å². The summed E-state index contributed by atoms with van der Waals surface area (Å²) >= 11 is 0. The van der Waals surface area contributed by atoms with E-state index in [-0.39, 0.29) is 30.9 Å². The molecule has 0 aromatic heterocycles. The number of ether oxygens (including phenoxy) is 2. The summed E-state index contributed by atoms with van der Waals surface area (Å²) in [5, 5.41) is 22.0. The average molecular weight is 456 g/mol. The fourth-order valence-corrected chi connectivity index (χ4v) is 4.16. The van der Waals surface area contributed by atoms with Gasteiger partial charge in [-0.05, 0) is 31.5 Å². The molecule has 2 aromatic carbocycles. The van der Waals surface area contributed by atoms with Gasteiger partial charge in [0.1, 0.15) is 6.23 Å². The lowest BCUT2D eigenvalue weighted by Gasteiger charge is -2.38. The SMILES string of the molecule is CCOC(=O)C1(C(=O)OCC)[C@H](c2ccc([N+](=O)[O-])cc2)C[C@@H](O)N1C(=O)c1ccccc1. The van der Waals surface area contributed by atoms with Crippen LogP contribution in [0.3, 0.4) is 0 Å². The number of benzene rings is 2. The van der Waals surface area contributed by atoms with Gasteiger partial charge in [-0.25, -0.2) is 9.59 Å². The molecule has 1 aliphatic rings. The summed E-state index contributed by atoms with van der Waals surface area (Å²) in [7, 11) is 0. The maximum Gasteiger partial charge on any atom is 0.344 e. The molecule has 0 aliphatic carbocycles. The molecule has 1 amide bonds. The van der Waals surface area contributed by atoms with E-state index in [9.17, 15) is 29.6 Å². The zero-order valence-corrected chi connectivity index (χ0v) is 18.2. The zero-order chi connectivity index (χ0) is 24.2. The maximum atomic E-state index is 13.5. The van der Waals surface area contributed by atoms with Crippen molar-refractivity contribution in [2.24, 2.45) is 0 Å². The Hall–Kier alpha value is -3.79. The van der Waals surface area contributed by atoms with Gasteiger partial charge >= 0.3 is 11.9 Å². The van der Waals surface area contributed by atoms with E-state index >= 15 is 0 Å². The Labute approximate surface area is 189 Å². The monoisotopic (exact) mass is 456 g/mol. The third kappa shape index (κ3) is 4.17. The minimum Gasteiger partial charge on any atom is -0.464 e. The van der Waals surface area contributed by atoms with Crippen molar-refractivity contribution in [2.75, 3.05) is 13.2 Å². The summed E-state index contributed by atoms with van der Waals surface area (Å²) in [5.74, 6) is -3.92. The molecular formula is C23H24N2O8. The lowest BCUT2D eigenvalue weighted by Crippen LogP contribution is -2.64. The van der Waals surface area contributed by atoms with Gasteiger partial charge in [0.15, 0.2) is 0 Å². The van der Waals surface area contributed by atoms with Crippen LogP contribution in [0, 0.1) is 10.1 Å². The van der Waals surface area contributed by atoms with E-state index in [0.29, 0.717) is 5.56 Å². The fraction of sp³-hybridized carbons (Fsp3) is 0.348. The lowest BCUT2D eigenvalue weighted by molar-refractivity contribution is -0.384. The Kier molecular flexibility index (Phi) is 7.07. The van der Waals surface area contributed by atoms with Crippen molar-refractivity contribution >= 4 is 23.5 Å². The lowest BCUT2D eigenvalue weighted by atomic mass is 9.79. The highest BCUT2D eigenvalue weighted by Crippen LogP contribution is 2.47. The molecule has 0 spiro atoms. The molecule has 1 N–H and O–H groups in total. The molecule has 0 unspecified atom stereocenters. The Bertz CT molecular complexity index is 1020. The van der Waals surface area contributed by atoms with Gasteiger partial charge in [-0.1, -0.05) is 30.3 Å². The average Bonchev–Trinajstić information content (AvgIpc) is 3.13. The molecule has 1 fully saturated rings. The van der Waals surface area contributed by atoms with Crippen molar-refractivity contribution in [3.05, 3.63) is 75.8 Å². The van der Waals surface area contributed by atoms with E-state index in [2.05, 4.69) is 0 Å². The standard InChI is InChI=1S/C23H24N2O8/c1-3-32-21(28)23(22(29)33-4-2)18(15-10-12-17(13-11-15)25(30)31)14-19(26)24(23)20(27)16-8-6-5-7-9-16/h5-13,18-19,26H,3-4,14H2,1-2H3/t18-,19+/m0/s1. The number of aliphatic hydroxyl groups excluding tert-OH is 1. The quantitative estimate of drug-likeness (QED) is 0.290. The minimum atomic E-state index is -2.32. The van der Waals surface area contributed by atoms with Gasteiger partial charge in [-0.3, -0.25) is 19.8 Å². The number of nitro benzene ring substituents is 1. The second kappa shape index (κ2) is 9.78. The normalized spacial score (nSPS) is 19.1. The number of rotatable bonds is 7. The van der Waals surface area contributed by atoms with Crippen LogP contribution in [-0.4, -0.2) is 57.8 Å². The summed E-state index contributed by atoms with van der Waals surface area (Å²) < 4.78 is 10.4. The van der Waals surface area contributed by atoms with Crippen molar-refractivity contribution in [1.29, 1.82) is 0 Å². The van der Waals surface area contributed by atoms with Gasteiger partial charge in [0.2, 0.25) is 5.54 Å². The molecule has 0 radical (unpaired) electrons. The molecule has 1 aliphatic heterocycles. The Morgan fingerprint density at radius 2 is 1.58 bits per heavy atom. The number of amides is 1. The third-order valence-corrected chi connectivity index (χ3v) is 5.55. The fourth-order valence-electron chi connectivity index (χ4n) is 4.16. The highest BCUT2D eigenvalue weighted by molar-refractivity contribution is 6.12. The number of carbonyl (C=O) groups is 3. The van der Waals surface area contributed by atoms with Gasteiger partial charge in [-0.15, -0.1) is 0 Å². The predicted molar refractivity (Wildman–Crippen MR) is 115 cm³/mol. The Balaban J connectivity index is 2.23. The molecule has 10 heteroatoms. The molecule has 3 rings (SSSR count). The van der Waals surface area contributed by atoms with Crippen LogP contribution < -0.4 is 0 Å².